The maximum Gasteiger partial charge on any atom is 0.255 e. The van der Waals surface area contributed by atoms with Crippen molar-refractivity contribution in [2.75, 3.05) is 20.1 Å². The van der Waals surface area contributed by atoms with Crippen LogP contribution in [0.5, 0.6) is 5.75 Å². The van der Waals surface area contributed by atoms with Crippen molar-refractivity contribution in [3.05, 3.63) is 28.8 Å². The molecule has 0 radical (unpaired) electrons. The maximum atomic E-state index is 12.1. The van der Waals surface area contributed by atoms with Crippen molar-refractivity contribution in [1.82, 2.24) is 4.90 Å². The fourth-order valence-electron chi connectivity index (χ4n) is 1.65. The van der Waals surface area contributed by atoms with Crippen LogP contribution in [0.3, 0.4) is 0 Å². The van der Waals surface area contributed by atoms with E-state index in [1.807, 2.05) is 0 Å². The summed E-state index contributed by atoms with van der Waals surface area (Å²) in [6.45, 7) is 1.33. The number of hydrogen-bond donors (Lipinski definition) is 2. The van der Waals surface area contributed by atoms with E-state index in [-0.39, 0.29) is 11.7 Å². The fraction of sp³-hybridized carbons (Fsp3) is 0.462. The van der Waals surface area contributed by atoms with Gasteiger partial charge in [-0.2, -0.15) is 0 Å². The molecule has 0 spiro atoms. The Bertz CT molecular complexity index is 410. The molecule has 3 N–H and O–H groups in total. The summed E-state index contributed by atoms with van der Waals surface area (Å²) in [5.41, 5.74) is 5.74. The quantitative estimate of drug-likeness (QED) is 0.779. The Morgan fingerprint density at radius 1 is 1.39 bits per heavy atom. The number of nitrogens with zero attached hydrogens (tertiary/aromatic N) is 1. The lowest BCUT2D eigenvalue weighted by Gasteiger charge is -2.17. The van der Waals surface area contributed by atoms with Crippen molar-refractivity contribution in [1.29, 1.82) is 0 Å². The number of hydrogen-bond acceptors (Lipinski definition) is 3. The molecule has 0 unspecified atom stereocenters. The van der Waals surface area contributed by atoms with Crippen LogP contribution in [0.15, 0.2) is 18.2 Å². The molecule has 5 heteroatoms. The van der Waals surface area contributed by atoms with Crippen LogP contribution in [0.4, 0.5) is 0 Å². The molecule has 4 nitrogen and oxygen atoms in total. The second-order valence-corrected chi connectivity index (χ2v) is 4.65. The minimum atomic E-state index is -0.177. The van der Waals surface area contributed by atoms with E-state index in [2.05, 4.69) is 0 Å². The first-order valence-corrected chi connectivity index (χ1v) is 6.38. The smallest absolute Gasteiger partial charge is 0.255 e. The van der Waals surface area contributed by atoms with Gasteiger partial charge in [0.1, 0.15) is 5.75 Å². The Hall–Kier alpha value is -1.26. The number of unbranched alkanes of at least 4 members (excludes halogenated alkanes) is 2. The summed E-state index contributed by atoms with van der Waals surface area (Å²) in [5, 5.41) is 9.72. The van der Waals surface area contributed by atoms with Gasteiger partial charge in [0.15, 0.2) is 0 Å². The normalized spacial score (nSPS) is 10.4. The number of carbonyl (C=O) groups is 1. The summed E-state index contributed by atoms with van der Waals surface area (Å²) in [6, 6.07) is 4.37. The Balaban J connectivity index is 2.60. The number of halogens is 1. The molecule has 0 saturated heterocycles. The molecule has 0 bridgehead atoms. The van der Waals surface area contributed by atoms with E-state index in [0.717, 1.165) is 19.3 Å². The van der Waals surface area contributed by atoms with Crippen LogP contribution in [-0.4, -0.2) is 36.1 Å². The third-order valence-corrected chi connectivity index (χ3v) is 3.05. The first-order valence-electron chi connectivity index (χ1n) is 6.00. The van der Waals surface area contributed by atoms with Gasteiger partial charge in [0, 0.05) is 13.6 Å². The molecule has 0 aromatic heterocycles. The highest BCUT2D eigenvalue weighted by molar-refractivity contribution is 6.33. The van der Waals surface area contributed by atoms with Crippen LogP contribution in [0.25, 0.3) is 0 Å². The van der Waals surface area contributed by atoms with E-state index >= 15 is 0 Å². The number of phenolic OH excluding ortho intramolecular Hbond substituents is 1. The van der Waals surface area contributed by atoms with Crippen molar-refractivity contribution >= 4 is 17.5 Å². The molecular weight excluding hydrogens is 252 g/mol. The van der Waals surface area contributed by atoms with Crippen LogP contribution < -0.4 is 5.73 Å². The molecule has 100 valence electrons. The zero-order valence-corrected chi connectivity index (χ0v) is 11.3. The van der Waals surface area contributed by atoms with Crippen LogP contribution in [0.1, 0.15) is 29.6 Å². The summed E-state index contributed by atoms with van der Waals surface area (Å²) < 4.78 is 0. The SMILES string of the molecule is CN(CCCCCN)C(=O)c1cc(O)ccc1Cl. The molecule has 0 atom stereocenters. The van der Waals surface area contributed by atoms with E-state index in [4.69, 9.17) is 17.3 Å². The van der Waals surface area contributed by atoms with Gasteiger partial charge in [-0.05, 0) is 37.6 Å². The van der Waals surface area contributed by atoms with Gasteiger partial charge in [-0.25, -0.2) is 0 Å². The van der Waals surface area contributed by atoms with E-state index in [1.165, 1.54) is 18.2 Å². The lowest BCUT2D eigenvalue weighted by molar-refractivity contribution is 0.0792. The predicted octanol–water partition coefficient (Wildman–Crippen LogP) is 2.25. The predicted molar refractivity (Wildman–Crippen MR) is 73.0 cm³/mol. The number of amides is 1. The van der Waals surface area contributed by atoms with Gasteiger partial charge in [0.25, 0.3) is 5.91 Å². The number of phenols is 1. The van der Waals surface area contributed by atoms with Gasteiger partial charge >= 0.3 is 0 Å². The van der Waals surface area contributed by atoms with Gasteiger partial charge in [0.05, 0.1) is 10.6 Å². The van der Waals surface area contributed by atoms with Gasteiger partial charge in [0.2, 0.25) is 0 Å². The second kappa shape index (κ2) is 7.24. The van der Waals surface area contributed by atoms with Crippen molar-refractivity contribution < 1.29 is 9.90 Å². The summed E-state index contributed by atoms with van der Waals surface area (Å²) in [6.07, 6.45) is 2.88. The molecule has 1 aromatic rings. The Kier molecular flexibility index (Phi) is 5.95. The van der Waals surface area contributed by atoms with Gasteiger partial charge < -0.3 is 15.7 Å². The van der Waals surface area contributed by atoms with Gasteiger partial charge in [-0.3, -0.25) is 4.79 Å². The highest BCUT2D eigenvalue weighted by Gasteiger charge is 2.15. The second-order valence-electron chi connectivity index (χ2n) is 4.24. The minimum absolute atomic E-state index is 0.0410. The van der Waals surface area contributed by atoms with Crippen LogP contribution in [-0.2, 0) is 0 Å². The highest BCUT2D eigenvalue weighted by Crippen LogP contribution is 2.22. The summed E-state index contributed by atoms with van der Waals surface area (Å²) >= 11 is 5.94. The number of nitrogens with two attached hydrogens (primary N) is 1. The lowest BCUT2D eigenvalue weighted by atomic mass is 10.1. The summed E-state index contributed by atoms with van der Waals surface area (Å²) in [5.74, 6) is -0.136. The Morgan fingerprint density at radius 3 is 2.78 bits per heavy atom. The van der Waals surface area contributed by atoms with Gasteiger partial charge in [-0.15, -0.1) is 0 Å². The van der Waals surface area contributed by atoms with Crippen molar-refractivity contribution in [2.45, 2.75) is 19.3 Å². The molecule has 0 fully saturated rings. The zero-order chi connectivity index (χ0) is 13.5. The molecule has 0 aliphatic carbocycles. The zero-order valence-electron chi connectivity index (χ0n) is 10.5. The van der Waals surface area contributed by atoms with E-state index < -0.39 is 0 Å². The Morgan fingerprint density at radius 2 is 2.11 bits per heavy atom. The molecule has 1 rings (SSSR count). The minimum Gasteiger partial charge on any atom is -0.508 e. The first-order chi connectivity index (χ1) is 8.56. The number of rotatable bonds is 6. The third-order valence-electron chi connectivity index (χ3n) is 2.72. The van der Waals surface area contributed by atoms with Crippen LogP contribution >= 0.6 is 11.6 Å². The highest BCUT2D eigenvalue weighted by atomic mass is 35.5. The number of aromatic hydroxyl groups is 1. The average Bonchev–Trinajstić information content (AvgIpc) is 2.36. The molecule has 1 amide bonds. The molecule has 0 aliphatic rings. The molecule has 1 aromatic carbocycles. The Labute approximate surface area is 112 Å². The lowest BCUT2D eigenvalue weighted by Crippen LogP contribution is -2.28. The molecule has 0 aliphatic heterocycles. The monoisotopic (exact) mass is 270 g/mol. The van der Waals surface area contributed by atoms with Crippen molar-refractivity contribution in [3.63, 3.8) is 0 Å². The maximum absolute atomic E-state index is 12.1. The van der Waals surface area contributed by atoms with E-state index in [1.54, 1.807) is 11.9 Å². The van der Waals surface area contributed by atoms with Crippen LogP contribution in [0, 0.1) is 0 Å². The van der Waals surface area contributed by atoms with Gasteiger partial charge in [-0.1, -0.05) is 18.0 Å². The standard InChI is InChI=1S/C13H19ClN2O2/c1-16(8-4-2-3-7-15)13(18)11-9-10(17)5-6-12(11)14/h5-6,9,17H,2-4,7-8,15H2,1H3. The van der Waals surface area contributed by atoms with E-state index in [9.17, 15) is 9.90 Å². The topological polar surface area (TPSA) is 66.6 Å². The van der Waals surface area contributed by atoms with E-state index in [0.29, 0.717) is 23.7 Å². The van der Waals surface area contributed by atoms with Crippen LogP contribution in [0.2, 0.25) is 5.02 Å². The molecular formula is C13H19ClN2O2. The summed E-state index contributed by atoms with van der Waals surface area (Å²) in [7, 11) is 1.73. The molecule has 0 heterocycles. The summed E-state index contributed by atoms with van der Waals surface area (Å²) in [4.78, 5) is 13.7. The van der Waals surface area contributed by atoms with Crippen molar-refractivity contribution in [3.8, 4) is 5.75 Å². The third kappa shape index (κ3) is 4.20. The number of benzene rings is 1. The number of carbonyl (C=O) groups excluding carboxylic acids is 1. The van der Waals surface area contributed by atoms with Crippen molar-refractivity contribution in [2.24, 2.45) is 5.73 Å². The fourth-order valence-corrected chi connectivity index (χ4v) is 1.85. The molecule has 18 heavy (non-hydrogen) atoms. The first kappa shape index (κ1) is 14.8. The largest absolute Gasteiger partial charge is 0.508 e. The average molecular weight is 271 g/mol. The molecule has 0 saturated carbocycles.